The third-order valence-electron chi connectivity index (χ3n) is 6.93. The average molecular weight is 290 g/mol. The van der Waals surface area contributed by atoms with Crippen LogP contribution >= 0.6 is 0 Å². The average Bonchev–Trinajstić information content (AvgIpc) is 3.24. The fraction of sp³-hybridized carbons (Fsp3) is 0.941. The summed E-state index contributed by atoms with van der Waals surface area (Å²) in [5, 5.41) is 3.65. The number of carbonyl (C=O) groups is 1. The Bertz CT molecular complexity index is 422. The monoisotopic (exact) mass is 290 g/mol. The van der Waals surface area contributed by atoms with Crippen molar-refractivity contribution in [3.63, 3.8) is 0 Å². The Morgan fingerprint density at radius 3 is 2.43 bits per heavy atom. The van der Waals surface area contributed by atoms with Gasteiger partial charge in [-0.3, -0.25) is 4.79 Å². The summed E-state index contributed by atoms with van der Waals surface area (Å²) in [5.41, 5.74) is 0. The number of fused-ring (bicyclic) bond motifs is 6. The Morgan fingerprint density at radius 2 is 1.71 bits per heavy atom. The number of rotatable bonds is 1. The predicted octanol–water partition coefficient (Wildman–Crippen LogP) is 1.54. The highest BCUT2D eigenvalue weighted by Gasteiger charge is 2.54. The fourth-order valence-electron chi connectivity index (χ4n) is 5.87. The Labute approximate surface area is 126 Å². The molecule has 1 aliphatic carbocycles. The lowest BCUT2D eigenvalue weighted by molar-refractivity contribution is -0.132. The summed E-state index contributed by atoms with van der Waals surface area (Å²) >= 11 is 0. The molecule has 21 heavy (non-hydrogen) atoms. The first kappa shape index (κ1) is 12.9. The molecule has 1 N–H and O–H groups in total. The smallest absolute Gasteiger partial charge is 0.239 e. The number of ether oxygens (including phenoxy) is 1. The molecule has 4 nitrogen and oxygen atoms in total. The molecule has 7 unspecified atom stereocenters. The van der Waals surface area contributed by atoms with E-state index in [1.165, 1.54) is 38.5 Å². The van der Waals surface area contributed by atoms with Crippen molar-refractivity contribution in [3.05, 3.63) is 0 Å². The van der Waals surface area contributed by atoms with Gasteiger partial charge >= 0.3 is 0 Å². The summed E-state index contributed by atoms with van der Waals surface area (Å²) in [7, 11) is 0. The van der Waals surface area contributed by atoms with Gasteiger partial charge in [-0.05, 0) is 38.0 Å². The van der Waals surface area contributed by atoms with E-state index in [-0.39, 0.29) is 6.04 Å². The molecule has 4 heteroatoms. The standard InChI is InChI=1S/C17H26N2O2/c20-17(14-7-10-3-1-2-4-13(10)18-14)19-8-11-12(9-19)16-6-5-15(11)21-16/h10-16,18H,1-9H2. The minimum absolute atomic E-state index is 0.107. The van der Waals surface area contributed by atoms with Gasteiger partial charge in [0.15, 0.2) is 0 Å². The van der Waals surface area contributed by atoms with Crippen LogP contribution in [0.3, 0.4) is 0 Å². The maximum Gasteiger partial charge on any atom is 0.239 e. The van der Waals surface area contributed by atoms with E-state index in [1.54, 1.807) is 0 Å². The second-order valence-corrected chi connectivity index (χ2v) is 7.97. The summed E-state index contributed by atoms with van der Waals surface area (Å²) in [6, 6.07) is 0.727. The first-order chi connectivity index (χ1) is 10.3. The van der Waals surface area contributed by atoms with Gasteiger partial charge < -0.3 is 15.0 Å². The number of amides is 1. The van der Waals surface area contributed by atoms with Crippen molar-refractivity contribution in [2.45, 2.75) is 69.2 Å². The van der Waals surface area contributed by atoms with E-state index >= 15 is 0 Å². The Kier molecular flexibility index (Phi) is 2.88. The molecule has 1 saturated carbocycles. The van der Waals surface area contributed by atoms with E-state index in [4.69, 9.17) is 4.74 Å². The summed E-state index contributed by atoms with van der Waals surface area (Å²) in [6.07, 6.45) is 9.73. The van der Waals surface area contributed by atoms with Crippen LogP contribution in [0.4, 0.5) is 0 Å². The zero-order valence-corrected chi connectivity index (χ0v) is 12.7. The van der Waals surface area contributed by atoms with Crippen molar-refractivity contribution in [1.82, 2.24) is 10.2 Å². The molecule has 0 aromatic rings. The van der Waals surface area contributed by atoms with Crippen LogP contribution in [0.5, 0.6) is 0 Å². The SMILES string of the molecule is O=C(C1CC2CCCCC2N1)N1CC2C3CCC(O3)C2C1. The molecule has 0 aromatic heterocycles. The Balaban J connectivity index is 1.26. The van der Waals surface area contributed by atoms with Crippen LogP contribution in [0.2, 0.25) is 0 Å². The molecule has 116 valence electrons. The zero-order valence-electron chi connectivity index (χ0n) is 12.7. The first-order valence-corrected chi connectivity index (χ1v) is 9.00. The number of carbonyl (C=O) groups excluding carboxylic acids is 1. The van der Waals surface area contributed by atoms with Gasteiger partial charge in [-0.25, -0.2) is 0 Å². The molecular formula is C17H26N2O2. The molecule has 5 fully saturated rings. The largest absolute Gasteiger partial charge is 0.374 e. The van der Waals surface area contributed by atoms with Crippen molar-refractivity contribution in [2.24, 2.45) is 17.8 Å². The van der Waals surface area contributed by atoms with Crippen LogP contribution in [0.1, 0.15) is 44.9 Å². The molecule has 1 amide bonds. The highest BCUT2D eigenvalue weighted by Crippen LogP contribution is 2.47. The third-order valence-corrected chi connectivity index (χ3v) is 6.93. The highest BCUT2D eigenvalue weighted by molar-refractivity contribution is 5.82. The van der Waals surface area contributed by atoms with Crippen LogP contribution < -0.4 is 5.32 Å². The van der Waals surface area contributed by atoms with Crippen molar-refractivity contribution in [2.75, 3.05) is 13.1 Å². The van der Waals surface area contributed by atoms with Crippen molar-refractivity contribution < 1.29 is 9.53 Å². The number of hydrogen-bond donors (Lipinski definition) is 1. The predicted molar refractivity (Wildman–Crippen MR) is 78.7 cm³/mol. The topological polar surface area (TPSA) is 41.6 Å². The molecule has 4 aliphatic heterocycles. The molecule has 7 atom stereocenters. The minimum atomic E-state index is 0.107. The number of nitrogens with zero attached hydrogens (tertiary/aromatic N) is 1. The van der Waals surface area contributed by atoms with Gasteiger partial charge in [0.05, 0.1) is 18.2 Å². The van der Waals surface area contributed by atoms with E-state index in [0.717, 1.165) is 25.4 Å². The summed E-state index contributed by atoms with van der Waals surface area (Å²) in [5.74, 6) is 2.42. The van der Waals surface area contributed by atoms with Crippen molar-refractivity contribution in [1.29, 1.82) is 0 Å². The second kappa shape index (κ2) is 4.69. The van der Waals surface area contributed by atoms with E-state index in [2.05, 4.69) is 10.2 Å². The first-order valence-electron chi connectivity index (χ1n) is 9.00. The maximum atomic E-state index is 12.9. The molecule has 0 spiro atoms. The van der Waals surface area contributed by atoms with Crippen molar-refractivity contribution >= 4 is 5.91 Å². The molecule has 5 rings (SSSR count). The van der Waals surface area contributed by atoms with E-state index in [1.807, 2.05) is 0 Å². The molecule has 4 heterocycles. The Morgan fingerprint density at radius 1 is 1.00 bits per heavy atom. The van der Waals surface area contributed by atoms with E-state index in [0.29, 0.717) is 36.0 Å². The third kappa shape index (κ3) is 1.91. The van der Waals surface area contributed by atoms with Crippen LogP contribution in [0.15, 0.2) is 0 Å². The van der Waals surface area contributed by atoms with Gasteiger partial charge in [-0.2, -0.15) is 0 Å². The minimum Gasteiger partial charge on any atom is -0.374 e. The van der Waals surface area contributed by atoms with Gasteiger partial charge in [0, 0.05) is 31.0 Å². The lowest BCUT2D eigenvalue weighted by Crippen LogP contribution is -2.45. The normalized spacial score (nSPS) is 51.2. The molecular weight excluding hydrogens is 264 g/mol. The van der Waals surface area contributed by atoms with Gasteiger partial charge in [0.25, 0.3) is 0 Å². The van der Waals surface area contributed by atoms with Gasteiger partial charge in [-0.1, -0.05) is 12.8 Å². The van der Waals surface area contributed by atoms with Gasteiger partial charge in [-0.15, -0.1) is 0 Å². The number of nitrogens with one attached hydrogen (secondary N) is 1. The molecule has 5 aliphatic rings. The highest BCUT2D eigenvalue weighted by atomic mass is 16.5. The van der Waals surface area contributed by atoms with Gasteiger partial charge in [0.2, 0.25) is 5.91 Å². The van der Waals surface area contributed by atoms with Gasteiger partial charge in [0.1, 0.15) is 0 Å². The quantitative estimate of drug-likeness (QED) is 0.796. The summed E-state index contributed by atoms with van der Waals surface area (Å²) < 4.78 is 6.02. The van der Waals surface area contributed by atoms with Crippen LogP contribution in [0.25, 0.3) is 0 Å². The second-order valence-electron chi connectivity index (χ2n) is 7.97. The molecule has 4 saturated heterocycles. The number of likely N-dealkylation sites (tertiary alicyclic amines) is 1. The number of hydrogen-bond acceptors (Lipinski definition) is 3. The molecule has 0 radical (unpaired) electrons. The lowest BCUT2D eigenvalue weighted by Gasteiger charge is -2.24. The zero-order chi connectivity index (χ0) is 14.0. The van der Waals surface area contributed by atoms with E-state index < -0.39 is 0 Å². The molecule has 0 aromatic carbocycles. The summed E-state index contributed by atoms with van der Waals surface area (Å²) in [6.45, 7) is 1.91. The van der Waals surface area contributed by atoms with Crippen LogP contribution in [-0.2, 0) is 9.53 Å². The van der Waals surface area contributed by atoms with Crippen LogP contribution in [-0.4, -0.2) is 48.2 Å². The van der Waals surface area contributed by atoms with E-state index in [9.17, 15) is 4.79 Å². The lowest BCUT2D eigenvalue weighted by atomic mass is 9.82. The fourth-order valence-corrected chi connectivity index (χ4v) is 5.87. The van der Waals surface area contributed by atoms with Crippen molar-refractivity contribution in [3.8, 4) is 0 Å². The molecule has 2 bridgehead atoms. The maximum absolute atomic E-state index is 12.9. The summed E-state index contributed by atoms with van der Waals surface area (Å²) in [4.78, 5) is 15.0. The Hall–Kier alpha value is -0.610. The van der Waals surface area contributed by atoms with Crippen LogP contribution in [0, 0.1) is 17.8 Å².